The molecule has 0 aliphatic carbocycles. The average molecular weight is 497 g/mol. The summed E-state index contributed by atoms with van der Waals surface area (Å²) in [7, 11) is -2.15. The third-order valence-electron chi connectivity index (χ3n) is 4.91. The molecule has 30 heavy (non-hydrogen) atoms. The smallest absolute Gasteiger partial charge is 0.243 e. The maximum absolute atomic E-state index is 13.1. The predicted molar refractivity (Wildman–Crippen MR) is 117 cm³/mol. The molecule has 0 aromatic heterocycles. The molecule has 1 saturated heterocycles. The highest BCUT2D eigenvalue weighted by Crippen LogP contribution is 2.26. The highest BCUT2D eigenvalue weighted by Gasteiger charge is 2.37. The summed E-state index contributed by atoms with van der Waals surface area (Å²) in [6.45, 7) is 0.899. The normalized spacial score (nSPS) is 17.3. The maximum Gasteiger partial charge on any atom is 0.243 e. The number of carbonyl (C=O) groups excluding carboxylic acids is 1. The fourth-order valence-electron chi connectivity index (χ4n) is 3.33. The molecular formula is C21H25BrN2O5S. The summed E-state index contributed by atoms with van der Waals surface area (Å²) in [6, 6.07) is 12.9. The fourth-order valence-corrected chi connectivity index (χ4v) is 5.25. The summed E-state index contributed by atoms with van der Waals surface area (Å²) < 4.78 is 39.0. The second-order valence-corrected chi connectivity index (χ2v) is 9.70. The molecule has 1 atom stereocenters. The first-order valence-corrected chi connectivity index (χ1v) is 12.0. The number of halogens is 1. The molecule has 1 heterocycles. The summed E-state index contributed by atoms with van der Waals surface area (Å²) in [5, 5.41) is 2.81. The number of methoxy groups -OCH3 is 1. The minimum absolute atomic E-state index is 0.188. The van der Waals surface area contributed by atoms with Crippen LogP contribution in [0.1, 0.15) is 19.3 Å². The Bertz CT molecular complexity index is 948. The van der Waals surface area contributed by atoms with E-state index < -0.39 is 16.1 Å². The van der Waals surface area contributed by atoms with Crippen LogP contribution in [0.5, 0.6) is 11.5 Å². The van der Waals surface area contributed by atoms with Crippen molar-refractivity contribution in [2.45, 2.75) is 30.2 Å². The Balaban J connectivity index is 1.58. The van der Waals surface area contributed by atoms with E-state index in [0.29, 0.717) is 18.7 Å². The Kier molecular flexibility index (Phi) is 7.74. The minimum atomic E-state index is -3.74. The van der Waals surface area contributed by atoms with Crippen LogP contribution in [-0.2, 0) is 14.8 Å². The topological polar surface area (TPSA) is 84.9 Å². The molecule has 162 valence electrons. The Morgan fingerprint density at radius 1 is 1.10 bits per heavy atom. The van der Waals surface area contributed by atoms with Gasteiger partial charge in [-0.3, -0.25) is 4.79 Å². The van der Waals surface area contributed by atoms with Crippen molar-refractivity contribution in [2.75, 3.05) is 26.8 Å². The number of carbonyl (C=O) groups is 1. The molecule has 0 saturated carbocycles. The Morgan fingerprint density at radius 3 is 2.43 bits per heavy atom. The van der Waals surface area contributed by atoms with E-state index in [-0.39, 0.29) is 24.0 Å². The standard InChI is InChI=1S/C21H25BrN2O5S/c1-28-17-7-9-18(10-8-17)29-15-13-23-21(25)20-4-2-3-14-24(20)30(26,27)19-11-5-16(22)6-12-19/h5-12,20H,2-4,13-15H2,1H3,(H,23,25). The quantitative estimate of drug-likeness (QED) is 0.567. The molecule has 1 amide bonds. The zero-order chi connectivity index (χ0) is 21.6. The Hall–Kier alpha value is -2.10. The second-order valence-electron chi connectivity index (χ2n) is 6.90. The fraction of sp³-hybridized carbons (Fsp3) is 0.381. The summed E-state index contributed by atoms with van der Waals surface area (Å²) in [5.41, 5.74) is 0. The van der Waals surface area contributed by atoms with Crippen LogP contribution < -0.4 is 14.8 Å². The summed E-state index contributed by atoms with van der Waals surface area (Å²) in [6.07, 6.45) is 2.05. The van der Waals surface area contributed by atoms with Crippen LogP contribution in [0.15, 0.2) is 57.9 Å². The van der Waals surface area contributed by atoms with E-state index in [0.717, 1.165) is 23.1 Å². The summed E-state index contributed by atoms with van der Waals surface area (Å²) >= 11 is 3.31. The van der Waals surface area contributed by atoms with Gasteiger partial charge in [0.2, 0.25) is 15.9 Å². The Morgan fingerprint density at radius 2 is 1.77 bits per heavy atom. The predicted octanol–water partition coefficient (Wildman–Crippen LogP) is 3.20. The molecule has 3 rings (SSSR count). The van der Waals surface area contributed by atoms with Gasteiger partial charge in [0.25, 0.3) is 0 Å². The summed E-state index contributed by atoms with van der Waals surface area (Å²) in [5.74, 6) is 1.11. The van der Waals surface area contributed by atoms with E-state index in [1.165, 1.54) is 4.31 Å². The van der Waals surface area contributed by atoms with E-state index in [2.05, 4.69) is 21.2 Å². The van der Waals surface area contributed by atoms with Crippen molar-refractivity contribution >= 4 is 31.9 Å². The zero-order valence-electron chi connectivity index (χ0n) is 16.7. The first kappa shape index (κ1) is 22.6. The molecule has 7 nitrogen and oxygen atoms in total. The van der Waals surface area contributed by atoms with Gasteiger partial charge in [-0.25, -0.2) is 8.42 Å². The van der Waals surface area contributed by atoms with Crippen molar-refractivity contribution in [2.24, 2.45) is 0 Å². The van der Waals surface area contributed by atoms with Gasteiger partial charge in [0.1, 0.15) is 24.1 Å². The number of hydrogen-bond donors (Lipinski definition) is 1. The number of nitrogens with one attached hydrogen (secondary N) is 1. The maximum atomic E-state index is 13.1. The lowest BCUT2D eigenvalue weighted by Crippen LogP contribution is -2.52. The number of amides is 1. The van der Waals surface area contributed by atoms with E-state index in [4.69, 9.17) is 9.47 Å². The third-order valence-corrected chi connectivity index (χ3v) is 7.36. The van der Waals surface area contributed by atoms with Crippen LogP contribution in [0.2, 0.25) is 0 Å². The van der Waals surface area contributed by atoms with Gasteiger partial charge in [0.05, 0.1) is 18.6 Å². The van der Waals surface area contributed by atoms with Gasteiger partial charge in [0, 0.05) is 11.0 Å². The van der Waals surface area contributed by atoms with Crippen molar-refractivity contribution in [3.63, 3.8) is 0 Å². The number of ether oxygens (including phenoxy) is 2. The van der Waals surface area contributed by atoms with Crippen LogP contribution >= 0.6 is 15.9 Å². The SMILES string of the molecule is COc1ccc(OCCNC(=O)C2CCCCN2S(=O)(=O)c2ccc(Br)cc2)cc1. The van der Waals surface area contributed by atoms with Gasteiger partial charge in [-0.2, -0.15) is 4.31 Å². The highest BCUT2D eigenvalue weighted by molar-refractivity contribution is 9.10. The van der Waals surface area contributed by atoms with Gasteiger partial charge in [-0.15, -0.1) is 0 Å². The third kappa shape index (κ3) is 5.53. The zero-order valence-corrected chi connectivity index (χ0v) is 19.1. The second kappa shape index (κ2) is 10.3. The van der Waals surface area contributed by atoms with Crippen molar-refractivity contribution in [1.82, 2.24) is 9.62 Å². The van der Waals surface area contributed by atoms with Gasteiger partial charge in [-0.1, -0.05) is 22.4 Å². The van der Waals surface area contributed by atoms with Crippen LogP contribution in [0.4, 0.5) is 0 Å². The Labute approximate surface area is 185 Å². The van der Waals surface area contributed by atoms with Crippen molar-refractivity contribution in [3.8, 4) is 11.5 Å². The lowest BCUT2D eigenvalue weighted by molar-refractivity contribution is -0.125. The largest absolute Gasteiger partial charge is 0.497 e. The number of rotatable bonds is 8. The van der Waals surface area contributed by atoms with Crippen LogP contribution in [0.25, 0.3) is 0 Å². The average Bonchev–Trinajstić information content (AvgIpc) is 2.77. The van der Waals surface area contributed by atoms with Crippen LogP contribution in [-0.4, -0.2) is 51.5 Å². The molecule has 1 aliphatic heterocycles. The van der Waals surface area contributed by atoms with Gasteiger partial charge < -0.3 is 14.8 Å². The lowest BCUT2D eigenvalue weighted by Gasteiger charge is -2.33. The van der Waals surface area contributed by atoms with E-state index in [9.17, 15) is 13.2 Å². The van der Waals surface area contributed by atoms with Gasteiger partial charge in [-0.05, 0) is 61.4 Å². The molecular weight excluding hydrogens is 472 g/mol. The van der Waals surface area contributed by atoms with Crippen molar-refractivity contribution in [3.05, 3.63) is 53.0 Å². The van der Waals surface area contributed by atoms with Crippen molar-refractivity contribution in [1.29, 1.82) is 0 Å². The minimum Gasteiger partial charge on any atom is -0.497 e. The lowest BCUT2D eigenvalue weighted by atomic mass is 10.0. The van der Waals surface area contributed by atoms with Crippen LogP contribution in [0, 0.1) is 0 Å². The first-order chi connectivity index (χ1) is 14.4. The molecule has 0 radical (unpaired) electrons. The number of nitrogens with zero attached hydrogens (tertiary/aromatic N) is 1. The number of hydrogen-bond acceptors (Lipinski definition) is 5. The first-order valence-electron chi connectivity index (χ1n) is 9.74. The molecule has 9 heteroatoms. The van der Waals surface area contributed by atoms with E-state index in [1.54, 1.807) is 55.6 Å². The highest BCUT2D eigenvalue weighted by atomic mass is 79.9. The number of sulfonamides is 1. The van der Waals surface area contributed by atoms with Gasteiger partial charge in [0.15, 0.2) is 0 Å². The van der Waals surface area contributed by atoms with E-state index in [1.807, 2.05) is 0 Å². The molecule has 1 fully saturated rings. The monoisotopic (exact) mass is 496 g/mol. The summed E-state index contributed by atoms with van der Waals surface area (Å²) in [4.78, 5) is 12.9. The molecule has 0 bridgehead atoms. The number of benzene rings is 2. The van der Waals surface area contributed by atoms with Crippen molar-refractivity contribution < 1.29 is 22.7 Å². The molecule has 1 N–H and O–H groups in total. The van der Waals surface area contributed by atoms with Crippen LogP contribution in [0.3, 0.4) is 0 Å². The van der Waals surface area contributed by atoms with Gasteiger partial charge >= 0.3 is 0 Å². The number of piperidine rings is 1. The molecule has 2 aromatic carbocycles. The van der Waals surface area contributed by atoms with E-state index >= 15 is 0 Å². The molecule has 0 spiro atoms. The molecule has 1 aliphatic rings. The molecule has 1 unspecified atom stereocenters. The molecule has 2 aromatic rings.